The predicted molar refractivity (Wildman–Crippen MR) is 71.4 cm³/mol. The average Bonchev–Trinajstić information content (AvgIpc) is 2.84. The maximum atomic E-state index is 11.9. The average molecular weight is 302 g/mol. The maximum Gasteiger partial charge on any atom is 0.261 e. The molecule has 4 heteroatoms. The lowest BCUT2D eigenvalue weighted by Gasteiger charge is -2.14. The van der Waals surface area contributed by atoms with Gasteiger partial charge in [0, 0.05) is 11.4 Å². The monoisotopic (exact) mass is 301 g/mol. The first-order valence-corrected chi connectivity index (χ1v) is 7.44. The lowest BCUT2D eigenvalue weighted by atomic mass is 10.1. The summed E-state index contributed by atoms with van der Waals surface area (Å²) in [5.41, 5.74) is 1.07. The summed E-state index contributed by atoms with van der Waals surface area (Å²) in [5.74, 6) is 0.684. The lowest BCUT2D eigenvalue weighted by molar-refractivity contribution is 0.0951. The number of nitrogens with one attached hydrogen (secondary N) is 1. The first-order valence-electron chi connectivity index (χ1n) is 5.65. The zero-order valence-corrected chi connectivity index (χ0v) is 11.7. The Morgan fingerprint density at radius 2 is 2.44 bits per heavy atom. The Labute approximate surface area is 109 Å². The molecule has 1 aliphatic carbocycles. The van der Waals surface area contributed by atoms with Gasteiger partial charge in [-0.15, -0.1) is 11.3 Å². The van der Waals surface area contributed by atoms with Gasteiger partial charge in [0.1, 0.15) is 0 Å². The van der Waals surface area contributed by atoms with E-state index in [1.807, 2.05) is 18.4 Å². The van der Waals surface area contributed by atoms with Crippen LogP contribution in [0.25, 0.3) is 0 Å². The molecule has 0 aliphatic heterocycles. The van der Waals surface area contributed by atoms with E-state index in [1.54, 1.807) is 0 Å². The molecule has 2 rings (SSSR count). The summed E-state index contributed by atoms with van der Waals surface area (Å²) < 4.78 is 0. The standard InChI is InChI=1S/C12H16BrNOS/c1-8-5-6-16-11(8)12(15)14-7-9-3-2-4-10(9)13/h5-6,9-10H,2-4,7H2,1H3,(H,14,15). The van der Waals surface area contributed by atoms with Crippen molar-refractivity contribution in [1.82, 2.24) is 5.32 Å². The second-order valence-electron chi connectivity index (χ2n) is 4.35. The van der Waals surface area contributed by atoms with Gasteiger partial charge >= 0.3 is 0 Å². The second-order valence-corrected chi connectivity index (χ2v) is 6.44. The van der Waals surface area contributed by atoms with Crippen LogP contribution in [0.15, 0.2) is 11.4 Å². The molecule has 1 aromatic rings. The summed E-state index contributed by atoms with van der Waals surface area (Å²) in [4.78, 5) is 13.3. The van der Waals surface area contributed by atoms with Crippen molar-refractivity contribution in [3.63, 3.8) is 0 Å². The molecule has 2 atom stereocenters. The fourth-order valence-electron chi connectivity index (χ4n) is 2.13. The molecule has 1 heterocycles. The van der Waals surface area contributed by atoms with Gasteiger partial charge in [-0.25, -0.2) is 0 Å². The summed E-state index contributed by atoms with van der Waals surface area (Å²) in [6.45, 7) is 2.78. The zero-order valence-electron chi connectivity index (χ0n) is 9.33. The van der Waals surface area contributed by atoms with E-state index in [0.29, 0.717) is 10.7 Å². The van der Waals surface area contributed by atoms with Gasteiger partial charge in [0.2, 0.25) is 0 Å². The molecule has 2 nitrogen and oxygen atoms in total. The highest BCUT2D eigenvalue weighted by Gasteiger charge is 2.25. The molecule has 2 unspecified atom stereocenters. The maximum absolute atomic E-state index is 11.9. The SMILES string of the molecule is Cc1ccsc1C(=O)NCC1CCCC1Br. The van der Waals surface area contributed by atoms with Crippen LogP contribution < -0.4 is 5.32 Å². The highest BCUT2D eigenvalue weighted by atomic mass is 79.9. The van der Waals surface area contributed by atoms with Crippen molar-refractivity contribution in [2.75, 3.05) is 6.54 Å². The number of carbonyl (C=O) groups is 1. The molecule has 1 aliphatic rings. The summed E-state index contributed by atoms with van der Waals surface area (Å²) >= 11 is 5.19. The number of thiophene rings is 1. The molecular weight excluding hydrogens is 286 g/mol. The number of amides is 1. The fraction of sp³-hybridized carbons (Fsp3) is 0.583. The van der Waals surface area contributed by atoms with Gasteiger partial charge in [-0.05, 0) is 42.7 Å². The normalized spacial score (nSPS) is 24.6. The van der Waals surface area contributed by atoms with Crippen LogP contribution in [0.1, 0.15) is 34.5 Å². The molecule has 0 radical (unpaired) electrons. The molecule has 0 aromatic carbocycles. The molecule has 0 bridgehead atoms. The molecule has 1 amide bonds. The number of rotatable bonds is 3. The molecule has 1 saturated carbocycles. The molecule has 88 valence electrons. The molecular formula is C12H16BrNOS. The van der Waals surface area contributed by atoms with Crippen LogP contribution in [0.2, 0.25) is 0 Å². The number of hydrogen-bond acceptors (Lipinski definition) is 2. The number of halogens is 1. The van der Waals surface area contributed by atoms with Gasteiger partial charge in [-0.1, -0.05) is 22.4 Å². The molecule has 1 N–H and O–H groups in total. The summed E-state index contributed by atoms with van der Waals surface area (Å²) in [6.07, 6.45) is 3.73. The molecule has 16 heavy (non-hydrogen) atoms. The van der Waals surface area contributed by atoms with Gasteiger partial charge in [-0.2, -0.15) is 0 Å². The minimum absolute atomic E-state index is 0.0825. The van der Waals surface area contributed by atoms with E-state index >= 15 is 0 Å². The van der Waals surface area contributed by atoms with Crippen LogP contribution in [-0.4, -0.2) is 17.3 Å². The summed E-state index contributed by atoms with van der Waals surface area (Å²) in [6, 6.07) is 1.99. The van der Waals surface area contributed by atoms with E-state index in [4.69, 9.17) is 0 Å². The minimum atomic E-state index is 0.0825. The van der Waals surface area contributed by atoms with Gasteiger partial charge in [0.25, 0.3) is 5.91 Å². The Morgan fingerprint density at radius 1 is 1.62 bits per heavy atom. The first kappa shape index (κ1) is 12.1. The number of aryl methyl sites for hydroxylation is 1. The third kappa shape index (κ3) is 2.66. The topological polar surface area (TPSA) is 29.1 Å². The van der Waals surface area contributed by atoms with E-state index in [2.05, 4.69) is 21.2 Å². The third-order valence-electron chi connectivity index (χ3n) is 3.16. The molecule has 0 saturated heterocycles. The first-order chi connectivity index (χ1) is 7.68. The molecule has 1 aromatic heterocycles. The van der Waals surface area contributed by atoms with Crippen molar-refractivity contribution >= 4 is 33.2 Å². The van der Waals surface area contributed by atoms with Crippen molar-refractivity contribution in [1.29, 1.82) is 0 Å². The van der Waals surface area contributed by atoms with Crippen LogP contribution in [-0.2, 0) is 0 Å². The van der Waals surface area contributed by atoms with Crippen molar-refractivity contribution in [3.8, 4) is 0 Å². The van der Waals surface area contributed by atoms with E-state index in [0.717, 1.165) is 17.0 Å². The number of alkyl halides is 1. The Morgan fingerprint density at radius 3 is 3.00 bits per heavy atom. The van der Waals surface area contributed by atoms with Gasteiger partial charge in [0.05, 0.1) is 4.88 Å². The second kappa shape index (κ2) is 5.32. The van der Waals surface area contributed by atoms with Crippen molar-refractivity contribution in [2.24, 2.45) is 5.92 Å². The van der Waals surface area contributed by atoms with E-state index < -0.39 is 0 Å². The quantitative estimate of drug-likeness (QED) is 0.852. The minimum Gasteiger partial charge on any atom is -0.351 e. The van der Waals surface area contributed by atoms with E-state index in [1.165, 1.54) is 30.6 Å². The summed E-state index contributed by atoms with van der Waals surface area (Å²) in [7, 11) is 0. The fourth-order valence-corrected chi connectivity index (χ4v) is 3.75. The van der Waals surface area contributed by atoms with Gasteiger partial charge < -0.3 is 5.32 Å². The summed E-state index contributed by atoms with van der Waals surface area (Å²) in [5, 5.41) is 5.01. The van der Waals surface area contributed by atoms with Crippen LogP contribution in [0, 0.1) is 12.8 Å². The van der Waals surface area contributed by atoms with Crippen molar-refractivity contribution < 1.29 is 4.79 Å². The Kier molecular flexibility index (Phi) is 4.03. The zero-order chi connectivity index (χ0) is 11.5. The van der Waals surface area contributed by atoms with Gasteiger partial charge in [0.15, 0.2) is 0 Å². The van der Waals surface area contributed by atoms with Crippen molar-refractivity contribution in [3.05, 3.63) is 21.9 Å². The molecule has 0 spiro atoms. The van der Waals surface area contributed by atoms with Crippen LogP contribution in [0.5, 0.6) is 0 Å². The smallest absolute Gasteiger partial charge is 0.261 e. The highest BCUT2D eigenvalue weighted by molar-refractivity contribution is 9.09. The Bertz CT molecular complexity index is 377. The Balaban J connectivity index is 1.86. The number of hydrogen-bond donors (Lipinski definition) is 1. The predicted octanol–water partition coefficient (Wildman–Crippen LogP) is 3.35. The lowest BCUT2D eigenvalue weighted by Crippen LogP contribution is -2.30. The largest absolute Gasteiger partial charge is 0.351 e. The Hall–Kier alpha value is -0.350. The van der Waals surface area contributed by atoms with Crippen molar-refractivity contribution in [2.45, 2.75) is 31.0 Å². The van der Waals surface area contributed by atoms with Crippen LogP contribution in [0.4, 0.5) is 0 Å². The van der Waals surface area contributed by atoms with E-state index in [-0.39, 0.29) is 5.91 Å². The third-order valence-corrected chi connectivity index (χ3v) is 5.38. The van der Waals surface area contributed by atoms with Crippen LogP contribution in [0.3, 0.4) is 0 Å². The van der Waals surface area contributed by atoms with Crippen LogP contribution >= 0.6 is 27.3 Å². The van der Waals surface area contributed by atoms with E-state index in [9.17, 15) is 4.79 Å². The molecule has 1 fully saturated rings. The van der Waals surface area contributed by atoms with Gasteiger partial charge in [-0.3, -0.25) is 4.79 Å². The number of carbonyl (C=O) groups excluding carboxylic acids is 1. The highest BCUT2D eigenvalue weighted by Crippen LogP contribution is 2.30.